The van der Waals surface area contributed by atoms with Crippen molar-refractivity contribution in [2.24, 2.45) is 11.8 Å². The summed E-state index contributed by atoms with van der Waals surface area (Å²) in [6.07, 6.45) is 9.94. The van der Waals surface area contributed by atoms with Crippen LogP contribution in [0.3, 0.4) is 0 Å². The minimum atomic E-state index is -3.30. The van der Waals surface area contributed by atoms with Gasteiger partial charge in [-0.1, -0.05) is 19.3 Å². The van der Waals surface area contributed by atoms with Crippen molar-refractivity contribution in [3.05, 3.63) is 0 Å². The minimum Gasteiger partial charge on any atom is -0.354 e. The SMILES string of the molecule is CS(=O)(=O)N[C@H]1C[C@H]2CN(CC3CCCCC3)[C@@H](CNC(=O)C3CC3)C(=O)N2C1. The number of nitrogens with one attached hydrogen (secondary N) is 2. The van der Waals surface area contributed by atoms with Gasteiger partial charge in [0, 0.05) is 44.2 Å². The standard InChI is InChI=1S/C20H34N4O4S/c1-29(27,28)22-16-9-17-13-23(11-14-5-3-2-4-6-14)18(20(26)24(17)12-16)10-21-19(25)15-7-8-15/h14-18,22H,2-13H2,1H3,(H,21,25)/t16-,17-,18-/m0/s1. The summed E-state index contributed by atoms with van der Waals surface area (Å²) in [4.78, 5) is 29.6. The second-order valence-corrected chi connectivity index (χ2v) is 11.2. The lowest BCUT2D eigenvalue weighted by Crippen LogP contribution is -2.63. The number of carbonyl (C=O) groups is 2. The molecule has 0 bridgehead atoms. The molecule has 4 rings (SSSR count). The van der Waals surface area contributed by atoms with E-state index >= 15 is 0 Å². The van der Waals surface area contributed by atoms with Gasteiger partial charge in [-0.05, 0) is 38.0 Å². The maximum absolute atomic E-state index is 13.3. The molecule has 2 amide bonds. The molecule has 9 heteroatoms. The molecule has 0 unspecified atom stereocenters. The summed E-state index contributed by atoms with van der Waals surface area (Å²) in [5.74, 6) is 0.834. The fourth-order valence-corrected chi connectivity index (χ4v) is 6.08. The highest BCUT2D eigenvalue weighted by Gasteiger charge is 2.46. The Morgan fingerprint density at radius 2 is 1.83 bits per heavy atom. The van der Waals surface area contributed by atoms with Gasteiger partial charge in [-0.15, -0.1) is 0 Å². The van der Waals surface area contributed by atoms with Crippen LogP contribution in [0.5, 0.6) is 0 Å². The highest BCUT2D eigenvalue weighted by atomic mass is 32.2. The van der Waals surface area contributed by atoms with Crippen LogP contribution in [0.1, 0.15) is 51.4 Å². The van der Waals surface area contributed by atoms with Gasteiger partial charge in [0.1, 0.15) is 6.04 Å². The molecule has 8 nitrogen and oxygen atoms in total. The van der Waals surface area contributed by atoms with Gasteiger partial charge in [-0.3, -0.25) is 14.5 Å². The van der Waals surface area contributed by atoms with Crippen LogP contribution in [0.15, 0.2) is 0 Å². The quantitative estimate of drug-likeness (QED) is 0.610. The van der Waals surface area contributed by atoms with Crippen molar-refractivity contribution in [2.75, 3.05) is 32.4 Å². The predicted octanol–water partition coefficient (Wildman–Crippen LogP) is 0.296. The van der Waals surface area contributed by atoms with E-state index in [1.165, 1.54) is 32.1 Å². The van der Waals surface area contributed by atoms with E-state index in [0.717, 1.165) is 32.2 Å². The summed E-state index contributed by atoms with van der Waals surface area (Å²) >= 11 is 0. The minimum absolute atomic E-state index is 0.0333. The van der Waals surface area contributed by atoms with Gasteiger partial charge in [-0.2, -0.15) is 0 Å². The Bertz CT molecular complexity index is 733. The molecule has 0 aromatic rings. The first-order chi connectivity index (χ1) is 13.8. The molecule has 0 spiro atoms. The molecule has 164 valence electrons. The van der Waals surface area contributed by atoms with Crippen molar-refractivity contribution in [1.29, 1.82) is 0 Å². The molecule has 2 N–H and O–H groups in total. The van der Waals surface area contributed by atoms with Crippen LogP contribution < -0.4 is 10.0 Å². The van der Waals surface area contributed by atoms with Crippen LogP contribution in [0.4, 0.5) is 0 Å². The van der Waals surface area contributed by atoms with E-state index in [1.54, 1.807) is 0 Å². The van der Waals surface area contributed by atoms with E-state index in [4.69, 9.17) is 0 Å². The van der Waals surface area contributed by atoms with Gasteiger partial charge in [0.15, 0.2) is 0 Å². The van der Waals surface area contributed by atoms with Crippen molar-refractivity contribution < 1.29 is 18.0 Å². The monoisotopic (exact) mass is 426 g/mol. The topological polar surface area (TPSA) is 98.8 Å². The van der Waals surface area contributed by atoms with Crippen molar-refractivity contribution in [2.45, 2.75) is 69.5 Å². The Hall–Kier alpha value is -1.19. The van der Waals surface area contributed by atoms with Crippen molar-refractivity contribution in [3.63, 3.8) is 0 Å². The Morgan fingerprint density at radius 1 is 1.10 bits per heavy atom. The van der Waals surface area contributed by atoms with Crippen molar-refractivity contribution in [3.8, 4) is 0 Å². The average molecular weight is 427 g/mol. The smallest absolute Gasteiger partial charge is 0.242 e. The second-order valence-electron chi connectivity index (χ2n) is 9.46. The number of piperazine rings is 1. The molecule has 2 aliphatic heterocycles. The lowest BCUT2D eigenvalue weighted by Gasteiger charge is -2.44. The summed E-state index contributed by atoms with van der Waals surface area (Å²) in [7, 11) is -3.30. The van der Waals surface area contributed by atoms with Gasteiger partial charge in [0.05, 0.1) is 6.26 Å². The summed E-state index contributed by atoms with van der Waals surface area (Å²) < 4.78 is 26.0. The summed E-state index contributed by atoms with van der Waals surface area (Å²) in [5.41, 5.74) is 0. The first kappa shape index (κ1) is 21.1. The Morgan fingerprint density at radius 3 is 2.48 bits per heavy atom. The van der Waals surface area contributed by atoms with Crippen LogP contribution in [0.2, 0.25) is 0 Å². The Kier molecular flexibility index (Phi) is 6.18. The van der Waals surface area contributed by atoms with E-state index < -0.39 is 10.0 Å². The number of hydrogen-bond acceptors (Lipinski definition) is 5. The van der Waals surface area contributed by atoms with E-state index in [-0.39, 0.29) is 35.9 Å². The Labute approximate surface area is 173 Å². The molecule has 0 aromatic carbocycles. The number of amides is 2. The van der Waals surface area contributed by atoms with Crippen molar-refractivity contribution in [1.82, 2.24) is 19.8 Å². The lowest BCUT2D eigenvalue weighted by atomic mass is 9.88. The van der Waals surface area contributed by atoms with Gasteiger partial charge >= 0.3 is 0 Å². The third-order valence-electron chi connectivity index (χ3n) is 6.88. The van der Waals surface area contributed by atoms with Gasteiger partial charge in [0.25, 0.3) is 0 Å². The van der Waals surface area contributed by atoms with E-state index in [0.29, 0.717) is 25.4 Å². The van der Waals surface area contributed by atoms with Crippen LogP contribution >= 0.6 is 0 Å². The summed E-state index contributed by atoms with van der Waals surface area (Å²) in [6.45, 7) is 2.42. The van der Waals surface area contributed by atoms with Crippen LogP contribution in [-0.4, -0.2) is 80.6 Å². The van der Waals surface area contributed by atoms with E-state index in [1.807, 2.05) is 4.90 Å². The molecule has 4 fully saturated rings. The first-order valence-corrected chi connectivity index (χ1v) is 13.0. The number of fused-ring (bicyclic) bond motifs is 1. The molecule has 4 aliphatic rings. The number of nitrogens with zero attached hydrogens (tertiary/aromatic N) is 2. The van der Waals surface area contributed by atoms with E-state index in [2.05, 4.69) is 14.9 Å². The third-order valence-corrected chi connectivity index (χ3v) is 7.65. The Balaban J connectivity index is 1.44. The molecule has 2 heterocycles. The summed E-state index contributed by atoms with van der Waals surface area (Å²) in [6, 6.07) is -0.524. The highest BCUT2D eigenvalue weighted by molar-refractivity contribution is 7.88. The van der Waals surface area contributed by atoms with Crippen LogP contribution in [0, 0.1) is 11.8 Å². The molecule has 0 aromatic heterocycles. The molecule has 2 aliphatic carbocycles. The summed E-state index contributed by atoms with van der Waals surface area (Å²) in [5, 5.41) is 3.00. The largest absolute Gasteiger partial charge is 0.354 e. The number of hydrogen-bond donors (Lipinski definition) is 2. The first-order valence-electron chi connectivity index (χ1n) is 11.1. The lowest BCUT2D eigenvalue weighted by molar-refractivity contribution is -0.144. The molecule has 2 saturated heterocycles. The van der Waals surface area contributed by atoms with Crippen LogP contribution in [0.25, 0.3) is 0 Å². The molecule has 0 radical (unpaired) electrons. The van der Waals surface area contributed by atoms with Crippen molar-refractivity contribution >= 4 is 21.8 Å². The normalized spacial score (nSPS) is 31.7. The number of sulfonamides is 1. The van der Waals surface area contributed by atoms with Gasteiger partial charge in [0.2, 0.25) is 21.8 Å². The van der Waals surface area contributed by atoms with Crippen LogP contribution in [-0.2, 0) is 19.6 Å². The maximum Gasteiger partial charge on any atom is 0.242 e. The molecule has 3 atom stereocenters. The molecular formula is C20H34N4O4S. The van der Waals surface area contributed by atoms with E-state index in [9.17, 15) is 18.0 Å². The maximum atomic E-state index is 13.3. The molecule has 2 saturated carbocycles. The predicted molar refractivity (Wildman–Crippen MR) is 110 cm³/mol. The zero-order valence-electron chi connectivity index (χ0n) is 17.3. The third kappa shape index (κ3) is 5.30. The van der Waals surface area contributed by atoms with Gasteiger partial charge < -0.3 is 10.2 Å². The number of carbonyl (C=O) groups excluding carboxylic acids is 2. The van der Waals surface area contributed by atoms with Gasteiger partial charge in [-0.25, -0.2) is 13.1 Å². The zero-order valence-corrected chi connectivity index (χ0v) is 18.1. The highest BCUT2D eigenvalue weighted by Crippen LogP contribution is 2.31. The fourth-order valence-electron chi connectivity index (χ4n) is 5.30. The average Bonchev–Trinajstić information content (AvgIpc) is 3.43. The zero-order chi connectivity index (χ0) is 20.6. The number of rotatable bonds is 7. The second kappa shape index (κ2) is 8.51. The molecule has 29 heavy (non-hydrogen) atoms. The molecular weight excluding hydrogens is 392 g/mol. The fraction of sp³-hybridized carbons (Fsp3) is 0.900.